The van der Waals surface area contributed by atoms with Crippen molar-refractivity contribution in [3.05, 3.63) is 0 Å². The predicted molar refractivity (Wildman–Crippen MR) is 61.4 cm³/mol. The zero-order valence-corrected chi connectivity index (χ0v) is 10.1. The second-order valence-electron chi connectivity index (χ2n) is 4.14. The summed E-state index contributed by atoms with van der Waals surface area (Å²) in [6, 6.07) is 0. The number of nitrogens with one attached hydrogen (secondary N) is 1. The molecule has 5 heteroatoms. The van der Waals surface area contributed by atoms with Crippen LogP contribution in [0.2, 0.25) is 0 Å². The largest absolute Gasteiger partial charge is 0.481 e. The Balaban J connectivity index is 3.33. The quantitative estimate of drug-likeness (QED) is 0.478. The first-order valence-electron chi connectivity index (χ1n) is 5.65. The zero-order chi connectivity index (χ0) is 12.4. The maximum Gasteiger partial charge on any atom is 0.303 e. The van der Waals surface area contributed by atoms with Crippen LogP contribution in [0.5, 0.6) is 0 Å². The molecule has 5 nitrogen and oxygen atoms in total. The van der Waals surface area contributed by atoms with E-state index in [2.05, 4.69) is 5.32 Å². The van der Waals surface area contributed by atoms with Gasteiger partial charge in [0, 0.05) is 20.1 Å². The number of ether oxygens (including phenoxy) is 1. The number of hydrogen-bond acceptors (Lipinski definition) is 4. The van der Waals surface area contributed by atoms with Gasteiger partial charge in [-0.2, -0.15) is 0 Å². The first kappa shape index (κ1) is 15.3. The van der Waals surface area contributed by atoms with Crippen LogP contribution in [0.25, 0.3) is 0 Å². The minimum Gasteiger partial charge on any atom is -0.481 e. The third-order valence-electron chi connectivity index (χ3n) is 2.40. The van der Waals surface area contributed by atoms with Crippen LogP contribution in [0.4, 0.5) is 0 Å². The van der Waals surface area contributed by atoms with Gasteiger partial charge >= 0.3 is 5.97 Å². The molecule has 96 valence electrons. The molecule has 0 bridgehead atoms. The standard InChI is InChI=1S/C11H23NO4/c1-9(3-4-11(14)15)5-6-12-7-10(13)8-16-2/h9-10,12-13H,3-8H2,1-2H3,(H,14,15). The number of aliphatic carboxylic acids is 1. The van der Waals surface area contributed by atoms with Crippen LogP contribution in [0.3, 0.4) is 0 Å². The Morgan fingerprint density at radius 3 is 2.69 bits per heavy atom. The van der Waals surface area contributed by atoms with Gasteiger partial charge in [-0.25, -0.2) is 0 Å². The molecule has 2 unspecified atom stereocenters. The van der Waals surface area contributed by atoms with Crippen LogP contribution in [0.1, 0.15) is 26.2 Å². The van der Waals surface area contributed by atoms with E-state index in [1.165, 1.54) is 0 Å². The molecule has 0 aromatic carbocycles. The Kier molecular flexibility index (Phi) is 9.18. The van der Waals surface area contributed by atoms with Crippen molar-refractivity contribution in [3.63, 3.8) is 0 Å². The Bertz CT molecular complexity index is 187. The summed E-state index contributed by atoms with van der Waals surface area (Å²) in [5.41, 5.74) is 0. The maximum absolute atomic E-state index is 10.3. The molecule has 0 aliphatic rings. The lowest BCUT2D eigenvalue weighted by molar-refractivity contribution is -0.137. The fourth-order valence-electron chi connectivity index (χ4n) is 1.38. The van der Waals surface area contributed by atoms with Crippen molar-refractivity contribution < 1.29 is 19.7 Å². The van der Waals surface area contributed by atoms with E-state index in [4.69, 9.17) is 9.84 Å². The Morgan fingerprint density at radius 1 is 1.44 bits per heavy atom. The minimum atomic E-state index is -0.740. The van der Waals surface area contributed by atoms with Gasteiger partial charge in [0.15, 0.2) is 0 Å². The molecule has 3 N–H and O–H groups in total. The van der Waals surface area contributed by atoms with E-state index in [1.807, 2.05) is 6.92 Å². The van der Waals surface area contributed by atoms with Crippen molar-refractivity contribution in [2.24, 2.45) is 5.92 Å². The van der Waals surface area contributed by atoms with Gasteiger partial charge in [-0.3, -0.25) is 4.79 Å². The van der Waals surface area contributed by atoms with Gasteiger partial charge in [-0.05, 0) is 25.3 Å². The molecule has 0 spiro atoms. The Labute approximate surface area is 96.8 Å². The summed E-state index contributed by atoms with van der Waals surface area (Å²) in [5.74, 6) is -0.349. The molecule has 0 rings (SSSR count). The molecule has 0 heterocycles. The second-order valence-corrected chi connectivity index (χ2v) is 4.14. The third kappa shape index (κ3) is 9.89. The minimum absolute atomic E-state index is 0.230. The Hall–Kier alpha value is -0.650. The smallest absolute Gasteiger partial charge is 0.303 e. The van der Waals surface area contributed by atoms with E-state index in [-0.39, 0.29) is 6.42 Å². The summed E-state index contributed by atoms with van der Waals surface area (Å²) in [5, 5.41) is 20.9. The number of methoxy groups -OCH3 is 1. The number of hydrogen-bond donors (Lipinski definition) is 3. The topological polar surface area (TPSA) is 78.8 Å². The van der Waals surface area contributed by atoms with Crippen molar-refractivity contribution >= 4 is 5.97 Å². The number of rotatable bonds is 10. The molecule has 2 atom stereocenters. The summed E-state index contributed by atoms with van der Waals surface area (Å²) in [7, 11) is 1.55. The monoisotopic (exact) mass is 233 g/mol. The Morgan fingerprint density at radius 2 is 2.12 bits per heavy atom. The van der Waals surface area contributed by atoms with Crippen molar-refractivity contribution in [1.82, 2.24) is 5.32 Å². The molecule has 16 heavy (non-hydrogen) atoms. The molecule has 0 saturated heterocycles. The molecule has 0 aliphatic heterocycles. The van der Waals surface area contributed by atoms with E-state index in [1.54, 1.807) is 7.11 Å². The summed E-state index contributed by atoms with van der Waals surface area (Å²) in [6.07, 6.45) is 1.39. The van der Waals surface area contributed by atoms with Crippen LogP contribution in [-0.2, 0) is 9.53 Å². The molecule has 0 aromatic heterocycles. The molecule has 0 amide bonds. The molecular weight excluding hydrogens is 210 g/mol. The normalized spacial score (nSPS) is 14.7. The van der Waals surface area contributed by atoms with Gasteiger partial charge < -0.3 is 20.3 Å². The van der Waals surface area contributed by atoms with Crippen LogP contribution >= 0.6 is 0 Å². The van der Waals surface area contributed by atoms with Gasteiger partial charge in [-0.15, -0.1) is 0 Å². The molecule has 0 radical (unpaired) electrons. The van der Waals surface area contributed by atoms with Gasteiger partial charge in [0.1, 0.15) is 0 Å². The van der Waals surface area contributed by atoms with Gasteiger partial charge in [0.2, 0.25) is 0 Å². The fourth-order valence-corrected chi connectivity index (χ4v) is 1.38. The van der Waals surface area contributed by atoms with Gasteiger partial charge in [-0.1, -0.05) is 6.92 Å². The lowest BCUT2D eigenvalue weighted by Gasteiger charge is -2.13. The van der Waals surface area contributed by atoms with E-state index < -0.39 is 12.1 Å². The van der Waals surface area contributed by atoms with E-state index >= 15 is 0 Å². The second kappa shape index (κ2) is 9.57. The average molecular weight is 233 g/mol. The fraction of sp³-hybridized carbons (Fsp3) is 0.909. The SMILES string of the molecule is COCC(O)CNCCC(C)CCC(=O)O. The zero-order valence-electron chi connectivity index (χ0n) is 10.1. The molecule has 0 fully saturated rings. The first-order chi connectivity index (χ1) is 7.56. The van der Waals surface area contributed by atoms with Crippen molar-refractivity contribution in [2.45, 2.75) is 32.3 Å². The summed E-state index contributed by atoms with van der Waals surface area (Å²) in [6.45, 7) is 3.68. The number of aliphatic hydroxyl groups is 1. The van der Waals surface area contributed by atoms with E-state index in [9.17, 15) is 9.90 Å². The highest BCUT2D eigenvalue weighted by atomic mass is 16.5. The highest BCUT2D eigenvalue weighted by Gasteiger charge is 2.06. The van der Waals surface area contributed by atoms with Crippen LogP contribution in [0, 0.1) is 5.92 Å². The van der Waals surface area contributed by atoms with E-state index in [0.29, 0.717) is 25.5 Å². The highest BCUT2D eigenvalue weighted by Crippen LogP contribution is 2.08. The van der Waals surface area contributed by atoms with E-state index in [0.717, 1.165) is 13.0 Å². The van der Waals surface area contributed by atoms with Crippen molar-refractivity contribution in [3.8, 4) is 0 Å². The van der Waals surface area contributed by atoms with Crippen molar-refractivity contribution in [1.29, 1.82) is 0 Å². The molecular formula is C11H23NO4. The highest BCUT2D eigenvalue weighted by molar-refractivity contribution is 5.66. The van der Waals surface area contributed by atoms with Gasteiger partial charge in [0.05, 0.1) is 12.7 Å². The molecule has 0 saturated carbocycles. The maximum atomic E-state index is 10.3. The summed E-state index contributed by atoms with van der Waals surface area (Å²) < 4.78 is 4.79. The van der Waals surface area contributed by atoms with Crippen molar-refractivity contribution in [2.75, 3.05) is 26.8 Å². The van der Waals surface area contributed by atoms with Crippen LogP contribution in [0.15, 0.2) is 0 Å². The number of carboxylic acid groups (broad SMARTS) is 1. The number of carboxylic acids is 1. The number of carbonyl (C=O) groups is 1. The summed E-state index contributed by atoms with van der Waals surface area (Å²) >= 11 is 0. The van der Waals surface area contributed by atoms with Crippen LogP contribution in [-0.4, -0.2) is 49.1 Å². The lowest BCUT2D eigenvalue weighted by atomic mass is 10.0. The lowest BCUT2D eigenvalue weighted by Crippen LogP contribution is -2.31. The molecule has 0 aromatic rings. The predicted octanol–water partition coefficient (Wildman–Crippen LogP) is 0.474. The number of aliphatic hydroxyl groups excluding tert-OH is 1. The first-order valence-corrected chi connectivity index (χ1v) is 5.65. The average Bonchev–Trinajstić information content (AvgIpc) is 2.22. The third-order valence-corrected chi connectivity index (χ3v) is 2.40. The molecule has 0 aliphatic carbocycles. The summed E-state index contributed by atoms with van der Waals surface area (Å²) in [4.78, 5) is 10.3. The van der Waals surface area contributed by atoms with Crippen LogP contribution < -0.4 is 5.32 Å². The van der Waals surface area contributed by atoms with Gasteiger partial charge in [0.25, 0.3) is 0 Å².